The van der Waals surface area contributed by atoms with Gasteiger partial charge in [-0.1, -0.05) is 57.6 Å². The lowest BCUT2D eigenvalue weighted by molar-refractivity contribution is -0.120. The molecule has 26 heavy (non-hydrogen) atoms. The lowest BCUT2D eigenvalue weighted by atomic mass is 9.68. The van der Waals surface area contributed by atoms with Crippen LogP contribution in [0.4, 0.5) is 0 Å². The minimum absolute atomic E-state index is 0.477. The maximum Gasteiger partial charge on any atom is 0.132 e. The van der Waals surface area contributed by atoms with Crippen LogP contribution in [0.25, 0.3) is 0 Å². The molecule has 0 aliphatic heterocycles. The summed E-state index contributed by atoms with van der Waals surface area (Å²) in [5.41, 5.74) is 0. The molecular formula is C25H42O. The van der Waals surface area contributed by atoms with Crippen molar-refractivity contribution in [2.45, 2.75) is 110 Å². The molecule has 0 aromatic rings. The zero-order chi connectivity index (χ0) is 18.2. The molecule has 1 nitrogen and oxygen atoms in total. The van der Waals surface area contributed by atoms with Crippen molar-refractivity contribution in [3.05, 3.63) is 12.2 Å². The van der Waals surface area contributed by atoms with E-state index in [2.05, 4.69) is 19.1 Å². The van der Waals surface area contributed by atoms with Crippen LogP contribution in [0.15, 0.2) is 12.2 Å². The minimum atomic E-state index is 0.477. The molecular weight excluding hydrogens is 316 g/mol. The molecule has 0 spiro atoms. The topological polar surface area (TPSA) is 17.1 Å². The van der Waals surface area contributed by atoms with Gasteiger partial charge in [-0.25, -0.2) is 0 Å². The van der Waals surface area contributed by atoms with Gasteiger partial charge in [0.25, 0.3) is 0 Å². The number of carbonyl (C=O) groups excluding carboxylic acids is 1. The van der Waals surface area contributed by atoms with E-state index in [-0.39, 0.29) is 0 Å². The third-order valence-electron chi connectivity index (χ3n) is 7.88. The van der Waals surface area contributed by atoms with Crippen LogP contribution in [-0.4, -0.2) is 5.78 Å². The molecule has 0 amide bonds. The highest BCUT2D eigenvalue weighted by Crippen LogP contribution is 2.43. The van der Waals surface area contributed by atoms with E-state index in [9.17, 15) is 4.79 Å². The SMILES string of the molecule is CCCC1CCC(C2CCC(CC/C=C/C3CCC(=O)CC3)CC2)CC1. The zero-order valence-electron chi connectivity index (χ0n) is 17.3. The lowest BCUT2D eigenvalue weighted by Crippen LogP contribution is -2.25. The third kappa shape index (κ3) is 6.24. The average Bonchev–Trinajstić information content (AvgIpc) is 2.68. The Kier molecular flexibility index (Phi) is 8.27. The molecule has 0 bridgehead atoms. The molecule has 1 heteroatoms. The maximum absolute atomic E-state index is 11.3. The summed E-state index contributed by atoms with van der Waals surface area (Å²) in [6.45, 7) is 2.35. The molecule has 0 saturated heterocycles. The summed E-state index contributed by atoms with van der Waals surface area (Å²) in [5, 5.41) is 0. The Morgan fingerprint density at radius 1 is 0.769 bits per heavy atom. The third-order valence-corrected chi connectivity index (χ3v) is 7.88. The smallest absolute Gasteiger partial charge is 0.132 e. The molecule has 3 fully saturated rings. The Morgan fingerprint density at radius 3 is 1.85 bits per heavy atom. The van der Waals surface area contributed by atoms with Crippen molar-refractivity contribution in [3.8, 4) is 0 Å². The second-order valence-corrected chi connectivity index (χ2v) is 9.73. The van der Waals surface area contributed by atoms with Gasteiger partial charge in [-0.2, -0.15) is 0 Å². The fourth-order valence-electron chi connectivity index (χ4n) is 6.08. The van der Waals surface area contributed by atoms with Crippen molar-refractivity contribution in [1.29, 1.82) is 0 Å². The van der Waals surface area contributed by atoms with E-state index < -0.39 is 0 Å². The van der Waals surface area contributed by atoms with E-state index in [4.69, 9.17) is 0 Å². The van der Waals surface area contributed by atoms with Crippen LogP contribution >= 0.6 is 0 Å². The van der Waals surface area contributed by atoms with Crippen molar-refractivity contribution in [1.82, 2.24) is 0 Å². The van der Waals surface area contributed by atoms with Crippen LogP contribution in [0.5, 0.6) is 0 Å². The molecule has 3 rings (SSSR count). The Morgan fingerprint density at radius 2 is 1.31 bits per heavy atom. The molecule has 0 atom stereocenters. The number of rotatable bonds is 7. The monoisotopic (exact) mass is 358 g/mol. The van der Waals surface area contributed by atoms with Crippen LogP contribution in [0.2, 0.25) is 0 Å². The molecule has 3 saturated carbocycles. The van der Waals surface area contributed by atoms with Gasteiger partial charge in [0.1, 0.15) is 5.78 Å². The molecule has 0 N–H and O–H groups in total. The molecule has 0 aromatic carbocycles. The highest BCUT2D eigenvalue weighted by Gasteiger charge is 2.30. The van der Waals surface area contributed by atoms with Crippen LogP contribution in [-0.2, 0) is 4.79 Å². The quantitative estimate of drug-likeness (QED) is 0.431. The average molecular weight is 359 g/mol. The van der Waals surface area contributed by atoms with Gasteiger partial charge in [-0.15, -0.1) is 0 Å². The molecule has 0 unspecified atom stereocenters. The Balaban J connectivity index is 1.28. The maximum atomic E-state index is 11.3. The number of Topliss-reactive ketones (excluding diaryl/α,β-unsaturated/α-hetero) is 1. The molecule has 148 valence electrons. The molecule has 3 aliphatic carbocycles. The van der Waals surface area contributed by atoms with Gasteiger partial charge in [0.2, 0.25) is 0 Å². The highest BCUT2D eigenvalue weighted by molar-refractivity contribution is 5.79. The number of carbonyl (C=O) groups is 1. The first kappa shape index (κ1) is 20.2. The van der Waals surface area contributed by atoms with E-state index in [1.165, 1.54) is 77.0 Å². The molecule has 0 aromatic heterocycles. The molecule has 0 radical (unpaired) electrons. The number of hydrogen-bond acceptors (Lipinski definition) is 1. The van der Waals surface area contributed by atoms with E-state index in [1.54, 1.807) is 0 Å². The standard InChI is InChI=1S/C25H42O/c1-2-5-20-8-14-23(15-9-20)24-16-10-21(11-17-24)6-3-4-7-22-12-18-25(26)19-13-22/h4,7,20-24H,2-3,5-6,8-19H2,1H3/b7-4+. The van der Waals surface area contributed by atoms with Crippen molar-refractivity contribution in [2.75, 3.05) is 0 Å². The Hall–Kier alpha value is -0.590. The van der Waals surface area contributed by atoms with Crippen LogP contribution in [0.1, 0.15) is 110 Å². The summed E-state index contributed by atoms with van der Waals surface area (Å²) in [5.74, 6) is 5.33. The van der Waals surface area contributed by atoms with Crippen LogP contribution in [0, 0.1) is 29.6 Å². The first-order valence-electron chi connectivity index (χ1n) is 11.9. The summed E-state index contributed by atoms with van der Waals surface area (Å²) in [4.78, 5) is 11.3. The van der Waals surface area contributed by atoms with E-state index in [0.29, 0.717) is 11.7 Å². The summed E-state index contributed by atoms with van der Waals surface area (Å²) in [6, 6.07) is 0. The van der Waals surface area contributed by atoms with Crippen molar-refractivity contribution in [3.63, 3.8) is 0 Å². The van der Waals surface area contributed by atoms with Gasteiger partial charge in [0, 0.05) is 12.8 Å². The van der Waals surface area contributed by atoms with Crippen molar-refractivity contribution >= 4 is 5.78 Å². The van der Waals surface area contributed by atoms with Gasteiger partial charge >= 0.3 is 0 Å². The second-order valence-electron chi connectivity index (χ2n) is 9.73. The Bertz CT molecular complexity index is 425. The zero-order valence-corrected chi connectivity index (χ0v) is 17.3. The van der Waals surface area contributed by atoms with Gasteiger partial charge in [0.15, 0.2) is 0 Å². The minimum Gasteiger partial charge on any atom is -0.300 e. The van der Waals surface area contributed by atoms with Crippen molar-refractivity contribution < 1.29 is 4.79 Å². The lowest BCUT2D eigenvalue weighted by Gasteiger charge is -2.38. The fourth-order valence-corrected chi connectivity index (χ4v) is 6.08. The van der Waals surface area contributed by atoms with E-state index in [1.807, 2.05) is 0 Å². The summed E-state index contributed by atoms with van der Waals surface area (Å²) in [7, 11) is 0. The normalized spacial score (nSPS) is 34.4. The first-order valence-corrected chi connectivity index (χ1v) is 11.9. The van der Waals surface area contributed by atoms with Gasteiger partial charge in [0.05, 0.1) is 0 Å². The summed E-state index contributed by atoms with van der Waals surface area (Å²) < 4.78 is 0. The number of ketones is 1. The van der Waals surface area contributed by atoms with E-state index >= 15 is 0 Å². The van der Waals surface area contributed by atoms with Crippen LogP contribution in [0.3, 0.4) is 0 Å². The van der Waals surface area contributed by atoms with Gasteiger partial charge in [-0.05, 0) is 81.0 Å². The summed E-state index contributed by atoms with van der Waals surface area (Å²) in [6.07, 6.45) is 26.3. The first-order chi connectivity index (χ1) is 12.7. The second kappa shape index (κ2) is 10.7. The molecule has 3 aliphatic rings. The summed E-state index contributed by atoms with van der Waals surface area (Å²) >= 11 is 0. The van der Waals surface area contributed by atoms with Gasteiger partial charge < -0.3 is 0 Å². The highest BCUT2D eigenvalue weighted by atomic mass is 16.1. The van der Waals surface area contributed by atoms with Crippen molar-refractivity contribution in [2.24, 2.45) is 29.6 Å². The predicted octanol–water partition coefficient (Wildman–Crippen LogP) is 7.50. The van der Waals surface area contributed by atoms with Gasteiger partial charge in [-0.3, -0.25) is 4.79 Å². The largest absolute Gasteiger partial charge is 0.300 e. The Labute approximate surface area is 162 Å². The number of hydrogen-bond donors (Lipinski definition) is 0. The van der Waals surface area contributed by atoms with E-state index in [0.717, 1.165) is 49.4 Å². The van der Waals surface area contributed by atoms with Crippen LogP contribution < -0.4 is 0 Å². The number of allylic oxidation sites excluding steroid dienone is 2. The fraction of sp³-hybridized carbons (Fsp3) is 0.880. The molecule has 0 heterocycles. The predicted molar refractivity (Wildman–Crippen MR) is 111 cm³/mol.